The molecule has 1 aliphatic heterocycles. The van der Waals surface area contributed by atoms with E-state index in [2.05, 4.69) is 51.1 Å². The molecule has 0 aliphatic carbocycles. The number of hydrogen-bond donors (Lipinski definition) is 0. The van der Waals surface area contributed by atoms with Gasteiger partial charge in [-0.05, 0) is 35.7 Å². The minimum Gasteiger partial charge on any atom is -0.381 e. The van der Waals surface area contributed by atoms with E-state index in [0.717, 1.165) is 19.1 Å². The molecule has 1 atom stereocenters. The first-order valence-electron chi connectivity index (χ1n) is 6.72. The van der Waals surface area contributed by atoms with Crippen molar-refractivity contribution in [2.75, 3.05) is 13.2 Å². The highest BCUT2D eigenvalue weighted by Crippen LogP contribution is 2.44. The highest BCUT2D eigenvalue weighted by Gasteiger charge is 2.34. The molecule has 0 N–H and O–H groups in total. The largest absolute Gasteiger partial charge is 0.381 e. The molecule has 0 spiro atoms. The van der Waals surface area contributed by atoms with Gasteiger partial charge in [-0.3, -0.25) is 0 Å². The smallest absolute Gasteiger partial charge is 0.0468 e. The van der Waals surface area contributed by atoms with Crippen LogP contribution in [-0.4, -0.2) is 13.2 Å². The number of hydrogen-bond acceptors (Lipinski definition) is 1. The molecule has 0 aromatic heterocycles. The number of rotatable bonds is 2. The van der Waals surface area contributed by atoms with Gasteiger partial charge < -0.3 is 4.74 Å². The molecule has 1 unspecified atom stereocenters. The second-order valence-corrected chi connectivity index (χ2v) is 6.20. The summed E-state index contributed by atoms with van der Waals surface area (Å²) in [5.74, 6) is 1.42. The molecular formula is C16H24O. The first kappa shape index (κ1) is 12.6. The van der Waals surface area contributed by atoms with Gasteiger partial charge in [-0.15, -0.1) is 0 Å². The van der Waals surface area contributed by atoms with Gasteiger partial charge in [0, 0.05) is 13.2 Å². The Labute approximate surface area is 105 Å². The van der Waals surface area contributed by atoms with Gasteiger partial charge in [-0.2, -0.15) is 0 Å². The fraction of sp³-hybridized carbons (Fsp3) is 0.625. The topological polar surface area (TPSA) is 9.23 Å². The minimum atomic E-state index is 0.323. The van der Waals surface area contributed by atoms with Crippen molar-refractivity contribution in [3.05, 3.63) is 35.9 Å². The number of benzene rings is 1. The van der Waals surface area contributed by atoms with E-state index in [1.165, 1.54) is 18.4 Å². The molecule has 1 heterocycles. The summed E-state index contributed by atoms with van der Waals surface area (Å²) < 4.78 is 5.50. The van der Waals surface area contributed by atoms with Crippen LogP contribution in [0.15, 0.2) is 30.3 Å². The Hall–Kier alpha value is -0.820. The molecule has 1 fully saturated rings. The van der Waals surface area contributed by atoms with Crippen molar-refractivity contribution in [1.82, 2.24) is 0 Å². The molecule has 1 nitrogen and oxygen atoms in total. The minimum absolute atomic E-state index is 0.323. The van der Waals surface area contributed by atoms with Crippen LogP contribution in [0.5, 0.6) is 0 Å². The molecule has 1 aliphatic rings. The lowest BCUT2D eigenvalue weighted by atomic mass is 9.67. The standard InChI is InChI=1S/C16H24O/c1-16(2,3)15(13-7-5-4-6-8-13)14-9-11-17-12-10-14/h4-8,14-15H,9-12H2,1-3H3. The van der Waals surface area contributed by atoms with E-state index >= 15 is 0 Å². The second kappa shape index (κ2) is 5.22. The van der Waals surface area contributed by atoms with Gasteiger partial charge in [0.1, 0.15) is 0 Å². The molecule has 1 aromatic carbocycles. The van der Waals surface area contributed by atoms with Crippen LogP contribution in [0.4, 0.5) is 0 Å². The molecule has 94 valence electrons. The quantitative estimate of drug-likeness (QED) is 0.741. The third kappa shape index (κ3) is 3.10. The summed E-state index contributed by atoms with van der Waals surface area (Å²) in [4.78, 5) is 0. The van der Waals surface area contributed by atoms with Crippen LogP contribution in [0, 0.1) is 11.3 Å². The van der Waals surface area contributed by atoms with E-state index in [4.69, 9.17) is 4.74 Å². The first-order chi connectivity index (χ1) is 8.09. The highest BCUT2D eigenvalue weighted by atomic mass is 16.5. The third-order valence-electron chi connectivity index (χ3n) is 3.83. The summed E-state index contributed by atoms with van der Waals surface area (Å²) >= 11 is 0. The zero-order valence-electron chi connectivity index (χ0n) is 11.3. The lowest BCUT2D eigenvalue weighted by molar-refractivity contribution is 0.0419. The van der Waals surface area contributed by atoms with Crippen LogP contribution in [0.3, 0.4) is 0 Å². The predicted octanol–water partition coefficient (Wildman–Crippen LogP) is 4.24. The molecule has 2 rings (SSSR count). The molecule has 0 radical (unpaired) electrons. The van der Waals surface area contributed by atoms with Crippen LogP contribution in [0.1, 0.15) is 45.1 Å². The second-order valence-electron chi connectivity index (χ2n) is 6.20. The lowest BCUT2D eigenvalue weighted by Gasteiger charge is -2.39. The van der Waals surface area contributed by atoms with Crippen LogP contribution in [0.2, 0.25) is 0 Å². The summed E-state index contributed by atoms with van der Waals surface area (Å²) in [5.41, 5.74) is 1.82. The van der Waals surface area contributed by atoms with Gasteiger partial charge >= 0.3 is 0 Å². The van der Waals surface area contributed by atoms with Crippen molar-refractivity contribution < 1.29 is 4.74 Å². The third-order valence-corrected chi connectivity index (χ3v) is 3.83. The molecule has 0 amide bonds. The lowest BCUT2D eigenvalue weighted by Crippen LogP contribution is -2.30. The van der Waals surface area contributed by atoms with E-state index in [-0.39, 0.29) is 0 Å². The molecule has 1 saturated heterocycles. The average Bonchev–Trinajstić information content (AvgIpc) is 2.30. The Kier molecular flexibility index (Phi) is 3.88. The predicted molar refractivity (Wildman–Crippen MR) is 72.2 cm³/mol. The van der Waals surface area contributed by atoms with Gasteiger partial charge in [0.05, 0.1) is 0 Å². The normalized spacial score (nSPS) is 20.2. The Morgan fingerprint density at radius 1 is 1.06 bits per heavy atom. The van der Waals surface area contributed by atoms with Gasteiger partial charge in [0.25, 0.3) is 0 Å². The molecule has 1 aromatic rings. The van der Waals surface area contributed by atoms with Crippen LogP contribution >= 0.6 is 0 Å². The van der Waals surface area contributed by atoms with Gasteiger partial charge in [-0.25, -0.2) is 0 Å². The Morgan fingerprint density at radius 2 is 1.65 bits per heavy atom. The SMILES string of the molecule is CC(C)(C)C(c1ccccc1)C1CCOCC1. The molecule has 17 heavy (non-hydrogen) atoms. The summed E-state index contributed by atoms with van der Waals surface area (Å²) in [6.07, 6.45) is 2.41. The van der Waals surface area contributed by atoms with Crippen LogP contribution < -0.4 is 0 Å². The fourth-order valence-corrected chi connectivity index (χ4v) is 3.19. The molecular weight excluding hydrogens is 208 g/mol. The van der Waals surface area contributed by atoms with Crippen molar-refractivity contribution in [1.29, 1.82) is 0 Å². The molecule has 0 bridgehead atoms. The summed E-state index contributed by atoms with van der Waals surface area (Å²) in [5, 5.41) is 0. The van der Waals surface area contributed by atoms with Gasteiger partial charge in [0.15, 0.2) is 0 Å². The van der Waals surface area contributed by atoms with Crippen LogP contribution in [0.25, 0.3) is 0 Å². The maximum atomic E-state index is 5.50. The zero-order valence-corrected chi connectivity index (χ0v) is 11.3. The van der Waals surface area contributed by atoms with Gasteiger partial charge in [0.2, 0.25) is 0 Å². The summed E-state index contributed by atoms with van der Waals surface area (Å²) in [6.45, 7) is 8.95. The Bertz CT molecular complexity index is 330. The zero-order chi connectivity index (χ0) is 12.3. The Balaban J connectivity index is 2.25. The maximum absolute atomic E-state index is 5.50. The van der Waals surface area contributed by atoms with E-state index in [0.29, 0.717) is 11.3 Å². The van der Waals surface area contributed by atoms with E-state index in [1.54, 1.807) is 0 Å². The van der Waals surface area contributed by atoms with Crippen molar-refractivity contribution in [2.24, 2.45) is 11.3 Å². The summed E-state index contributed by atoms with van der Waals surface area (Å²) in [6, 6.07) is 11.0. The van der Waals surface area contributed by atoms with Crippen molar-refractivity contribution in [3.8, 4) is 0 Å². The monoisotopic (exact) mass is 232 g/mol. The van der Waals surface area contributed by atoms with E-state index in [1.807, 2.05) is 0 Å². The van der Waals surface area contributed by atoms with E-state index < -0.39 is 0 Å². The number of ether oxygens (including phenoxy) is 1. The maximum Gasteiger partial charge on any atom is 0.0468 e. The van der Waals surface area contributed by atoms with Crippen molar-refractivity contribution in [2.45, 2.75) is 39.5 Å². The van der Waals surface area contributed by atoms with E-state index in [9.17, 15) is 0 Å². The van der Waals surface area contributed by atoms with Crippen molar-refractivity contribution in [3.63, 3.8) is 0 Å². The first-order valence-corrected chi connectivity index (χ1v) is 6.72. The van der Waals surface area contributed by atoms with Gasteiger partial charge in [-0.1, -0.05) is 51.1 Å². The summed E-state index contributed by atoms with van der Waals surface area (Å²) in [7, 11) is 0. The van der Waals surface area contributed by atoms with Crippen molar-refractivity contribution >= 4 is 0 Å². The highest BCUT2D eigenvalue weighted by molar-refractivity contribution is 5.22. The average molecular weight is 232 g/mol. The molecule has 0 saturated carbocycles. The molecule has 1 heteroatoms. The Morgan fingerprint density at radius 3 is 2.18 bits per heavy atom. The van der Waals surface area contributed by atoms with Crippen LogP contribution in [-0.2, 0) is 4.74 Å². The fourth-order valence-electron chi connectivity index (χ4n) is 3.19.